The van der Waals surface area contributed by atoms with Crippen molar-refractivity contribution in [2.45, 2.75) is 33.4 Å². The molecule has 24 heavy (non-hydrogen) atoms. The molecule has 2 aromatic heterocycles. The van der Waals surface area contributed by atoms with Crippen molar-refractivity contribution in [2.24, 2.45) is 5.92 Å². The van der Waals surface area contributed by atoms with Crippen LogP contribution in [0.4, 0.5) is 0 Å². The maximum Gasteiger partial charge on any atom is 0.256 e. The van der Waals surface area contributed by atoms with Crippen molar-refractivity contribution in [3.8, 4) is 0 Å². The minimum Gasteiger partial charge on any atom is -0.340 e. The molecular weight excluding hydrogens is 300 g/mol. The van der Waals surface area contributed by atoms with Crippen molar-refractivity contribution >= 4 is 16.9 Å². The van der Waals surface area contributed by atoms with Gasteiger partial charge in [-0.1, -0.05) is 19.9 Å². The summed E-state index contributed by atoms with van der Waals surface area (Å²) in [5.74, 6) is 1.12. The average Bonchev–Trinajstić information content (AvgIpc) is 3.09. The van der Waals surface area contributed by atoms with E-state index in [0.717, 1.165) is 22.6 Å². The number of hydrogen-bond donors (Lipinski definition) is 1. The molecule has 0 unspecified atom stereocenters. The van der Waals surface area contributed by atoms with Gasteiger partial charge in [0.25, 0.3) is 5.91 Å². The number of fused-ring (bicyclic) bond motifs is 2. The number of carbonyl (C=O) groups is 1. The summed E-state index contributed by atoms with van der Waals surface area (Å²) in [6, 6.07) is 9.73. The van der Waals surface area contributed by atoms with Gasteiger partial charge in [0.2, 0.25) is 0 Å². The molecule has 122 valence electrons. The van der Waals surface area contributed by atoms with Gasteiger partial charge in [0.15, 0.2) is 0 Å². The highest BCUT2D eigenvalue weighted by atomic mass is 16.2. The molecule has 0 saturated heterocycles. The van der Waals surface area contributed by atoms with Gasteiger partial charge in [-0.3, -0.25) is 9.78 Å². The third kappa shape index (κ3) is 2.28. The number of carbonyl (C=O) groups excluding carboxylic acids is 1. The molecular formula is C19H20N4O. The number of hydrogen-bond acceptors (Lipinski definition) is 3. The second-order valence-corrected chi connectivity index (χ2v) is 6.76. The lowest BCUT2D eigenvalue weighted by Gasteiger charge is -2.29. The Bertz CT molecular complexity index is 928. The number of nitrogens with one attached hydrogen (secondary N) is 1. The lowest BCUT2D eigenvalue weighted by Crippen LogP contribution is -2.33. The summed E-state index contributed by atoms with van der Waals surface area (Å²) in [5, 5.41) is 0. The van der Waals surface area contributed by atoms with Crippen LogP contribution in [0.15, 0.2) is 36.5 Å². The van der Waals surface area contributed by atoms with Crippen molar-refractivity contribution in [3.63, 3.8) is 0 Å². The van der Waals surface area contributed by atoms with E-state index in [4.69, 9.17) is 4.98 Å². The van der Waals surface area contributed by atoms with E-state index in [-0.39, 0.29) is 17.9 Å². The number of benzene rings is 1. The summed E-state index contributed by atoms with van der Waals surface area (Å²) in [6.07, 6.45) is 1.74. The maximum absolute atomic E-state index is 12.8. The van der Waals surface area contributed by atoms with Gasteiger partial charge in [0.05, 0.1) is 34.9 Å². The van der Waals surface area contributed by atoms with Crippen LogP contribution in [0, 0.1) is 12.8 Å². The van der Waals surface area contributed by atoms with Crippen LogP contribution in [0.1, 0.15) is 47.3 Å². The van der Waals surface area contributed by atoms with E-state index in [9.17, 15) is 4.79 Å². The normalized spacial score (nSPS) is 15.3. The van der Waals surface area contributed by atoms with E-state index in [2.05, 4.69) is 42.9 Å². The number of aryl methyl sites for hydroxylation is 1. The number of rotatable bonds is 3. The Morgan fingerprint density at radius 3 is 2.83 bits per heavy atom. The van der Waals surface area contributed by atoms with Gasteiger partial charge in [-0.15, -0.1) is 0 Å². The monoisotopic (exact) mass is 320 g/mol. The van der Waals surface area contributed by atoms with E-state index < -0.39 is 0 Å². The SMILES string of the molecule is Cc1ccc2nc([C@H](C(C)C)N3Cc4ncccc4C3=O)[nH]c2c1. The fraction of sp³-hybridized carbons (Fsp3) is 0.316. The van der Waals surface area contributed by atoms with E-state index in [0.29, 0.717) is 12.1 Å². The van der Waals surface area contributed by atoms with Crippen LogP contribution in [-0.4, -0.2) is 25.8 Å². The molecule has 0 radical (unpaired) electrons. The highest BCUT2D eigenvalue weighted by molar-refractivity contribution is 5.98. The van der Waals surface area contributed by atoms with Crippen molar-refractivity contribution in [1.29, 1.82) is 0 Å². The predicted molar refractivity (Wildman–Crippen MR) is 92.5 cm³/mol. The zero-order chi connectivity index (χ0) is 16.8. The second kappa shape index (κ2) is 5.44. The Labute approximate surface area is 140 Å². The topological polar surface area (TPSA) is 61.9 Å². The zero-order valence-electron chi connectivity index (χ0n) is 14.1. The highest BCUT2D eigenvalue weighted by Gasteiger charge is 2.37. The Morgan fingerprint density at radius 1 is 1.25 bits per heavy atom. The molecule has 5 heteroatoms. The summed E-state index contributed by atoms with van der Waals surface area (Å²) in [4.78, 5) is 27.2. The molecule has 0 fully saturated rings. The third-order valence-corrected chi connectivity index (χ3v) is 4.60. The van der Waals surface area contributed by atoms with Crippen LogP contribution in [0.25, 0.3) is 11.0 Å². The average molecular weight is 320 g/mol. The second-order valence-electron chi connectivity index (χ2n) is 6.76. The molecule has 1 N–H and O–H groups in total. The lowest BCUT2D eigenvalue weighted by atomic mass is 10.0. The van der Waals surface area contributed by atoms with Crippen molar-refractivity contribution in [1.82, 2.24) is 19.9 Å². The number of nitrogens with zero attached hydrogens (tertiary/aromatic N) is 3. The number of imidazole rings is 1. The van der Waals surface area contributed by atoms with Crippen LogP contribution >= 0.6 is 0 Å². The number of H-pyrrole nitrogens is 1. The highest BCUT2D eigenvalue weighted by Crippen LogP contribution is 2.34. The third-order valence-electron chi connectivity index (χ3n) is 4.60. The largest absolute Gasteiger partial charge is 0.340 e. The van der Waals surface area contributed by atoms with Crippen LogP contribution in [-0.2, 0) is 6.54 Å². The first kappa shape index (κ1) is 14.9. The molecule has 1 atom stereocenters. The molecule has 3 aromatic rings. The summed E-state index contributed by atoms with van der Waals surface area (Å²) in [5.41, 5.74) is 4.68. The van der Waals surface area contributed by atoms with Crippen LogP contribution in [0.2, 0.25) is 0 Å². The molecule has 1 aliphatic rings. The predicted octanol–water partition coefficient (Wildman–Crippen LogP) is 3.62. The van der Waals surface area contributed by atoms with Crippen LogP contribution < -0.4 is 0 Å². The quantitative estimate of drug-likeness (QED) is 0.802. The van der Waals surface area contributed by atoms with Crippen molar-refractivity contribution < 1.29 is 4.79 Å². The summed E-state index contributed by atoms with van der Waals surface area (Å²) < 4.78 is 0. The Balaban J connectivity index is 1.76. The van der Waals surface area contributed by atoms with Gasteiger partial charge in [-0.2, -0.15) is 0 Å². The Morgan fingerprint density at radius 2 is 2.08 bits per heavy atom. The molecule has 0 spiro atoms. The Kier molecular flexibility index (Phi) is 3.37. The molecule has 1 amide bonds. The van der Waals surface area contributed by atoms with Crippen LogP contribution in [0.3, 0.4) is 0 Å². The minimum absolute atomic E-state index is 0.0356. The van der Waals surface area contributed by atoms with Crippen LogP contribution in [0.5, 0.6) is 0 Å². The van der Waals surface area contributed by atoms with E-state index >= 15 is 0 Å². The summed E-state index contributed by atoms with van der Waals surface area (Å²) in [6.45, 7) is 6.83. The lowest BCUT2D eigenvalue weighted by molar-refractivity contribution is 0.0637. The van der Waals surface area contributed by atoms with Crippen molar-refractivity contribution in [3.05, 3.63) is 59.2 Å². The molecule has 5 nitrogen and oxygen atoms in total. The first-order chi connectivity index (χ1) is 11.5. The molecule has 0 bridgehead atoms. The zero-order valence-corrected chi connectivity index (χ0v) is 14.1. The molecule has 4 rings (SSSR count). The number of aromatic amines is 1. The van der Waals surface area contributed by atoms with Gasteiger partial charge >= 0.3 is 0 Å². The van der Waals surface area contributed by atoms with Gasteiger partial charge in [-0.25, -0.2) is 4.98 Å². The van der Waals surface area contributed by atoms with Gasteiger partial charge < -0.3 is 9.88 Å². The number of amides is 1. The standard InChI is InChI=1S/C19H20N4O/c1-11(2)17(18-21-14-7-6-12(3)9-15(14)22-18)23-10-16-13(19(23)24)5-4-8-20-16/h4-9,11,17H,10H2,1-3H3,(H,21,22)/t17-/m0/s1. The smallest absolute Gasteiger partial charge is 0.256 e. The fourth-order valence-electron chi connectivity index (χ4n) is 3.48. The minimum atomic E-state index is -0.0978. The van der Waals surface area contributed by atoms with E-state index in [1.54, 1.807) is 6.20 Å². The molecule has 0 saturated carbocycles. The molecule has 0 aliphatic carbocycles. The summed E-state index contributed by atoms with van der Waals surface area (Å²) in [7, 11) is 0. The Hall–Kier alpha value is -2.69. The first-order valence-electron chi connectivity index (χ1n) is 8.25. The molecule has 3 heterocycles. The molecule has 1 aromatic carbocycles. The fourth-order valence-corrected chi connectivity index (χ4v) is 3.48. The first-order valence-corrected chi connectivity index (χ1v) is 8.25. The van der Waals surface area contributed by atoms with Gasteiger partial charge in [-0.05, 0) is 42.7 Å². The number of pyridine rings is 1. The maximum atomic E-state index is 12.8. The van der Waals surface area contributed by atoms with E-state index in [1.165, 1.54) is 5.56 Å². The number of aromatic nitrogens is 3. The van der Waals surface area contributed by atoms with Gasteiger partial charge in [0, 0.05) is 6.20 Å². The van der Waals surface area contributed by atoms with Gasteiger partial charge in [0.1, 0.15) is 5.82 Å². The van der Waals surface area contributed by atoms with E-state index in [1.807, 2.05) is 23.1 Å². The molecule has 1 aliphatic heterocycles. The summed E-state index contributed by atoms with van der Waals surface area (Å²) >= 11 is 0. The van der Waals surface area contributed by atoms with Crippen molar-refractivity contribution in [2.75, 3.05) is 0 Å².